The molecule has 1 aromatic heterocycles. The van der Waals surface area contributed by atoms with Crippen molar-refractivity contribution in [2.45, 2.75) is 18.9 Å². The summed E-state index contributed by atoms with van der Waals surface area (Å²) in [6.07, 6.45) is 3.17. The third-order valence-corrected chi connectivity index (χ3v) is 2.90. The maximum atomic E-state index is 11.7. The number of amides is 1. The molecule has 0 saturated carbocycles. The van der Waals surface area contributed by atoms with E-state index in [4.69, 9.17) is 5.26 Å². The summed E-state index contributed by atoms with van der Waals surface area (Å²) in [6.45, 7) is 0.728. The van der Waals surface area contributed by atoms with Gasteiger partial charge in [-0.25, -0.2) is 0 Å². The van der Waals surface area contributed by atoms with Crippen molar-refractivity contribution in [1.82, 2.24) is 15.5 Å². The monoisotopic (exact) mass is 231 g/mol. The van der Waals surface area contributed by atoms with Crippen molar-refractivity contribution < 1.29 is 4.79 Å². The average Bonchev–Trinajstić information content (AvgIpc) is 2.86. The lowest BCUT2D eigenvalue weighted by atomic mass is 10.2. The first-order chi connectivity index (χ1) is 8.27. The van der Waals surface area contributed by atoms with Crippen molar-refractivity contribution in [3.05, 3.63) is 17.8 Å². The SMILES string of the molecule is CNC(=O)C1CCCN1c1nnccc1C#N. The number of carbonyl (C=O) groups excluding carboxylic acids is 1. The molecule has 1 amide bonds. The van der Waals surface area contributed by atoms with E-state index in [0.717, 1.165) is 19.4 Å². The summed E-state index contributed by atoms with van der Waals surface area (Å²) in [5.41, 5.74) is 0.454. The van der Waals surface area contributed by atoms with Gasteiger partial charge in [-0.2, -0.15) is 10.4 Å². The molecular formula is C11H13N5O. The van der Waals surface area contributed by atoms with E-state index in [-0.39, 0.29) is 11.9 Å². The molecule has 1 N–H and O–H groups in total. The van der Waals surface area contributed by atoms with Crippen LogP contribution in [0.5, 0.6) is 0 Å². The summed E-state index contributed by atoms with van der Waals surface area (Å²) in [7, 11) is 1.61. The van der Waals surface area contributed by atoms with Crippen molar-refractivity contribution in [3.8, 4) is 6.07 Å². The lowest BCUT2D eigenvalue weighted by Gasteiger charge is -2.24. The van der Waals surface area contributed by atoms with E-state index in [1.165, 1.54) is 6.20 Å². The minimum Gasteiger partial charge on any atom is -0.357 e. The molecule has 1 aromatic rings. The Bertz CT molecular complexity index is 467. The van der Waals surface area contributed by atoms with Crippen LogP contribution in [0.25, 0.3) is 0 Å². The van der Waals surface area contributed by atoms with Gasteiger partial charge in [0.05, 0.1) is 11.8 Å². The number of nitrogens with one attached hydrogen (secondary N) is 1. The summed E-state index contributed by atoms with van der Waals surface area (Å²) >= 11 is 0. The van der Waals surface area contributed by atoms with E-state index in [2.05, 4.69) is 21.6 Å². The normalized spacial score (nSPS) is 18.8. The average molecular weight is 231 g/mol. The van der Waals surface area contributed by atoms with Gasteiger partial charge in [0.15, 0.2) is 5.82 Å². The molecule has 2 heterocycles. The molecule has 6 heteroatoms. The molecule has 0 radical (unpaired) electrons. The fraction of sp³-hybridized carbons (Fsp3) is 0.455. The summed E-state index contributed by atoms with van der Waals surface area (Å²) in [5.74, 6) is 0.457. The Morgan fingerprint density at radius 3 is 3.24 bits per heavy atom. The maximum Gasteiger partial charge on any atom is 0.242 e. The van der Waals surface area contributed by atoms with Gasteiger partial charge in [-0.15, -0.1) is 5.10 Å². The molecule has 0 spiro atoms. The van der Waals surface area contributed by atoms with E-state index in [9.17, 15) is 4.79 Å². The highest BCUT2D eigenvalue weighted by molar-refractivity contribution is 5.85. The quantitative estimate of drug-likeness (QED) is 0.778. The summed E-state index contributed by atoms with van der Waals surface area (Å²) in [5, 5.41) is 19.4. The van der Waals surface area contributed by atoms with E-state index >= 15 is 0 Å². The number of rotatable bonds is 2. The van der Waals surface area contributed by atoms with Gasteiger partial charge in [0.2, 0.25) is 5.91 Å². The van der Waals surface area contributed by atoms with E-state index in [0.29, 0.717) is 11.4 Å². The third-order valence-electron chi connectivity index (χ3n) is 2.90. The van der Waals surface area contributed by atoms with Crippen LogP contribution in [0.4, 0.5) is 5.82 Å². The molecule has 17 heavy (non-hydrogen) atoms. The number of carbonyl (C=O) groups is 1. The molecule has 0 bridgehead atoms. The highest BCUT2D eigenvalue weighted by Crippen LogP contribution is 2.25. The number of hydrogen-bond donors (Lipinski definition) is 1. The predicted octanol–water partition coefficient (Wildman–Crippen LogP) is 0.0631. The van der Waals surface area contributed by atoms with Gasteiger partial charge in [-0.05, 0) is 18.9 Å². The van der Waals surface area contributed by atoms with Crippen molar-refractivity contribution in [2.75, 3.05) is 18.5 Å². The fourth-order valence-corrected chi connectivity index (χ4v) is 2.08. The van der Waals surface area contributed by atoms with Gasteiger partial charge in [-0.1, -0.05) is 0 Å². The van der Waals surface area contributed by atoms with E-state index in [1.807, 2.05) is 4.90 Å². The van der Waals surface area contributed by atoms with Gasteiger partial charge in [-0.3, -0.25) is 4.79 Å². The maximum absolute atomic E-state index is 11.7. The third kappa shape index (κ3) is 2.04. The lowest BCUT2D eigenvalue weighted by Crippen LogP contribution is -2.42. The topological polar surface area (TPSA) is 81.9 Å². The first kappa shape index (κ1) is 11.3. The Morgan fingerprint density at radius 2 is 2.53 bits per heavy atom. The fourth-order valence-electron chi connectivity index (χ4n) is 2.08. The molecule has 1 saturated heterocycles. The highest BCUT2D eigenvalue weighted by atomic mass is 16.2. The Morgan fingerprint density at radius 1 is 1.71 bits per heavy atom. The van der Waals surface area contributed by atoms with Gasteiger partial charge < -0.3 is 10.2 Å². The molecule has 88 valence electrons. The number of nitrogens with zero attached hydrogens (tertiary/aromatic N) is 4. The van der Waals surface area contributed by atoms with Crippen molar-refractivity contribution >= 4 is 11.7 Å². The van der Waals surface area contributed by atoms with E-state index < -0.39 is 0 Å². The highest BCUT2D eigenvalue weighted by Gasteiger charge is 2.32. The van der Waals surface area contributed by atoms with Crippen LogP contribution in [0.15, 0.2) is 12.3 Å². The minimum absolute atomic E-state index is 0.0444. The van der Waals surface area contributed by atoms with Crippen molar-refractivity contribution in [2.24, 2.45) is 0 Å². The molecule has 2 rings (SSSR count). The Kier molecular flexibility index (Phi) is 3.19. The molecule has 1 unspecified atom stereocenters. The van der Waals surface area contributed by atoms with Crippen LogP contribution in [0.2, 0.25) is 0 Å². The van der Waals surface area contributed by atoms with Crippen molar-refractivity contribution in [3.63, 3.8) is 0 Å². The predicted molar refractivity (Wildman–Crippen MR) is 61.2 cm³/mol. The van der Waals surface area contributed by atoms with Crippen LogP contribution >= 0.6 is 0 Å². The molecule has 1 aliphatic rings. The number of aromatic nitrogens is 2. The van der Waals surface area contributed by atoms with Gasteiger partial charge in [0.25, 0.3) is 0 Å². The molecule has 1 fully saturated rings. The number of hydrogen-bond acceptors (Lipinski definition) is 5. The zero-order valence-corrected chi connectivity index (χ0v) is 9.55. The smallest absolute Gasteiger partial charge is 0.242 e. The lowest BCUT2D eigenvalue weighted by molar-refractivity contribution is -0.121. The van der Waals surface area contributed by atoms with Crippen LogP contribution in [-0.4, -0.2) is 35.7 Å². The first-order valence-corrected chi connectivity index (χ1v) is 5.48. The minimum atomic E-state index is -0.246. The second-order valence-corrected chi connectivity index (χ2v) is 3.85. The molecule has 1 aliphatic heterocycles. The number of nitriles is 1. The molecule has 0 aliphatic carbocycles. The van der Waals surface area contributed by atoms with Gasteiger partial charge in [0, 0.05) is 13.6 Å². The standard InChI is InChI=1S/C11H13N5O/c1-13-11(17)9-3-2-6-16(9)10-8(7-12)4-5-14-15-10/h4-5,9H,2-3,6H2,1H3,(H,13,17). The molecular weight excluding hydrogens is 218 g/mol. The molecule has 6 nitrogen and oxygen atoms in total. The summed E-state index contributed by atoms with van der Waals surface area (Å²) in [6, 6.07) is 3.44. The molecule has 0 aromatic carbocycles. The largest absolute Gasteiger partial charge is 0.357 e. The molecule has 1 atom stereocenters. The summed E-state index contributed by atoms with van der Waals surface area (Å²) < 4.78 is 0. The second kappa shape index (κ2) is 4.78. The van der Waals surface area contributed by atoms with Crippen LogP contribution < -0.4 is 10.2 Å². The first-order valence-electron chi connectivity index (χ1n) is 5.48. The zero-order chi connectivity index (χ0) is 12.3. The Hall–Kier alpha value is -2.16. The number of likely N-dealkylation sites (N-methyl/N-ethyl adjacent to an activating group) is 1. The van der Waals surface area contributed by atoms with Crippen LogP contribution in [0.3, 0.4) is 0 Å². The second-order valence-electron chi connectivity index (χ2n) is 3.85. The zero-order valence-electron chi connectivity index (χ0n) is 9.55. The Labute approximate surface area is 99.3 Å². The number of anilines is 1. The van der Waals surface area contributed by atoms with Crippen LogP contribution in [0.1, 0.15) is 18.4 Å². The Balaban J connectivity index is 2.33. The van der Waals surface area contributed by atoms with Crippen LogP contribution in [-0.2, 0) is 4.79 Å². The van der Waals surface area contributed by atoms with Gasteiger partial charge >= 0.3 is 0 Å². The van der Waals surface area contributed by atoms with E-state index in [1.54, 1.807) is 13.1 Å². The van der Waals surface area contributed by atoms with Crippen molar-refractivity contribution in [1.29, 1.82) is 5.26 Å². The summed E-state index contributed by atoms with van der Waals surface area (Å²) in [4.78, 5) is 13.6. The van der Waals surface area contributed by atoms with Gasteiger partial charge in [0.1, 0.15) is 12.1 Å². The van der Waals surface area contributed by atoms with Crippen LogP contribution in [0, 0.1) is 11.3 Å².